The smallest absolute Gasteiger partial charge is 0.339 e. The second kappa shape index (κ2) is 5.96. The molecule has 17 heavy (non-hydrogen) atoms. The van der Waals surface area contributed by atoms with Crippen LogP contribution in [0.25, 0.3) is 0 Å². The molecule has 0 aliphatic heterocycles. The fraction of sp³-hybridized carbons (Fsp3) is 0.692. The third-order valence-electron chi connectivity index (χ3n) is 2.13. The summed E-state index contributed by atoms with van der Waals surface area (Å²) >= 11 is 0. The molecule has 0 saturated carbocycles. The molecule has 98 valence electrons. The van der Waals surface area contributed by atoms with E-state index < -0.39 is 17.7 Å². The van der Waals surface area contributed by atoms with Gasteiger partial charge in [-0.3, -0.25) is 0 Å². The molecule has 1 unspecified atom stereocenters. The second-order valence-corrected chi connectivity index (χ2v) is 5.23. The van der Waals surface area contributed by atoms with Crippen molar-refractivity contribution in [1.82, 2.24) is 0 Å². The number of methoxy groups -OCH3 is 1. The summed E-state index contributed by atoms with van der Waals surface area (Å²) in [6.07, 6.45) is -0.908. The highest BCUT2D eigenvalue weighted by atomic mass is 16.6. The van der Waals surface area contributed by atoms with E-state index in [9.17, 15) is 4.79 Å². The maximum Gasteiger partial charge on any atom is 0.339 e. The lowest BCUT2D eigenvalue weighted by Gasteiger charge is -2.28. The van der Waals surface area contributed by atoms with Crippen molar-refractivity contribution in [3.63, 3.8) is 0 Å². The van der Waals surface area contributed by atoms with Gasteiger partial charge in [0, 0.05) is 11.3 Å². The third kappa shape index (κ3) is 5.13. The van der Waals surface area contributed by atoms with E-state index in [2.05, 4.69) is 11.3 Å². The van der Waals surface area contributed by atoms with E-state index in [0.717, 1.165) is 0 Å². The Balaban J connectivity index is 5.00. The predicted octanol–water partition coefficient (Wildman–Crippen LogP) is 2.58. The molecule has 0 spiro atoms. The highest BCUT2D eigenvalue weighted by molar-refractivity contribution is 6.04. The Hall–Kier alpha value is -1.16. The van der Waals surface area contributed by atoms with Gasteiger partial charge in [-0.15, -0.1) is 0 Å². The Morgan fingerprint density at radius 1 is 1.29 bits per heavy atom. The summed E-state index contributed by atoms with van der Waals surface area (Å²) in [5.41, 5.74) is 0.172. The molecule has 0 amide bonds. The SMILES string of the molecule is C=C(C(=N)C(C)C)C(OC(C)(C)C)C(=O)OC. The van der Waals surface area contributed by atoms with Crippen LogP contribution in [0.3, 0.4) is 0 Å². The van der Waals surface area contributed by atoms with Crippen molar-refractivity contribution >= 4 is 11.7 Å². The van der Waals surface area contributed by atoms with Crippen LogP contribution in [0.2, 0.25) is 0 Å². The Bertz CT molecular complexity index is 313. The maximum absolute atomic E-state index is 11.7. The zero-order chi connectivity index (χ0) is 13.8. The van der Waals surface area contributed by atoms with Gasteiger partial charge in [0.05, 0.1) is 12.7 Å². The summed E-state index contributed by atoms with van der Waals surface area (Å²) in [7, 11) is 1.30. The molecule has 1 atom stereocenters. The predicted molar refractivity (Wildman–Crippen MR) is 68.3 cm³/mol. The molecule has 4 nitrogen and oxygen atoms in total. The molecule has 0 radical (unpaired) electrons. The third-order valence-corrected chi connectivity index (χ3v) is 2.13. The standard InChI is InChI=1S/C13H23NO3/c1-8(2)10(14)9(3)11(12(15)16-7)17-13(4,5)6/h8,11,14H,3H2,1-2,4-7H3. The molecule has 1 N–H and O–H groups in total. The van der Waals surface area contributed by atoms with Gasteiger partial charge >= 0.3 is 5.97 Å². The van der Waals surface area contributed by atoms with Crippen molar-refractivity contribution in [2.45, 2.75) is 46.3 Å². The number of esters is 1. The molecule has 0 saturated heterocycles. The lowest BCUT2D eigenvalue weighted by Crippen LogP contribution is -2.38. The average molecular weight is 241 g/mol. The first kappa shape index (κ1) is 15.8. The van der Waals surface area contributed by atoms with Gasteiger partial charge in [0.1, 0.15) is 0 Å². The number of ether oxygens (including phenoxy) is 2. The van der Waals surface area contributed by atoms with Gasteiger partial charge < -0.3 is 14.9 Å². The number of hydrogen-bond acceptors (Lipinski definition) is 4. The first-order valence-corrected chi connectivity index (χ1v) is 5.63. The minimum Gasteiger partial charge on any atom is -0.467 e. The maximum atomic E-state index is 11.7. The first-order chi connectivity index (χ1) is 7.60. The van der Waals surface area contributed by atoms with E-state index in [1.807, 2.05) is 34.6 Å². The number of nitrogens with one attached hydrogen (secondary N) is 1. The van der Waals surface area contributed by atoms with Gasteiger partial charge in [0.15, 0.2) is 6.10 Å². The summed E-state index contributed by atoms with van der Waals surface area (Å²) in [4.78, 5) is 11.7. The molecule has 0 rings (SSSR count). The largest absolute Gasteiger partial charge is 0.467 e. The molecular weight excluding hydrogens is 218 g/mol. The normalized spacial score (nSPS) is 13.4. The van der Waals surface area contributed by atoms with Crippen molar-refractivity contribution < 1.29 is 14.3 Å². The van der Waals surface area contributed by atoms with Crippen LogP contribution in [0.4, 0.5) is 0 Å². The van der Waals surface area contributed by atoms with E-state index in [1.54, 1.807) is 0 Å². The number of rotatable bonds is 5. The molecule has 4 heteroatoms. The van der Waals surface area contributed by atoms with Crippen LogP contribution in [0.1, 0.15) is 34.6 Å². The lowest BCUT2D eigenvalue weighted by molar-refractivity contribution is -0.158. The van der Waals surface area contributed by atoms with Crippen LogP contribution in [0, 0.1) is 11.3 Å². The summed E-state index contributed by atoms with van der Waals surface area (Å²) < 4.78 is 10.3. The lowest BCUT2D eigenvalue weighted by atomic mass is 9.96. The second-order valence-electron chi connectivity index (χ2n) is 5.23. The van der Waals surface area contributed by atoms with E-state index in [-0.39, 0.29) is 5.92 Å². The summed E-state index contributed by atoms with van der Waals surface area (Å²) in [5.74, 6) is -0.520. The van der Waals surface area contributed by atoms with Crippen LogP contribution in [-0.4, -0.2) is 30.5 Å². The van der Waals surface area contributed by atoms with Crippen molar-refractivity contribution in [1.29, 1.82) is 5.41 Å². The van der Waals surface area contributed by atoms with E-state index >= 15 is 0 Å². The Morgan fingerprint density at radius 3 is 2.06 bits per heavy atom. The molecule has 0 aromatic heterocycles. The zero-order valence-corrected chi connectivity index (χ0v) is 11.6. The number of carbonyl (C=O) groups excluding carboxylic acids is 1. The van der Waals surface area contributed by atoms with Gasteiger partial charge in [-0.1, -0.05) is 20.4 Å². The minimum atomic E-state index is -0.908. The van der Waals surface area contributed by atoms with Crippen LogP contribution >= 0.6 is 0 Å². The molecule has 0 aliphatic rings. The van der Waals surface area contributed by atoms with Crippen LogP contribution < -0.4 is 0 Å². The summed E-state index contributed by atoms with van der Waals surface area (Å²) in [6, 6.07) is 0. The van der Waals surface area contributed by atoms with Crippen molar-refractivity contribution in [2.75, 3.05) is 7.11 Å². The average Bonchev–Trinajstić information content (AvgIpc) is 2.21. The minimum absolute atomic E-state index is 0.00164. The van der Waals surface area contributed by atoms with E-state index in [0.29, 0.717) is 11.3 Å². The van der Waals surface area contributed by atoms with E-state index in [1.165, 1.54) is 7.11 Å². The van der Waals surface area contributed by atoms with E-state index in [4.69, 9.17) is 10.1 Å². The molecule has 0 fully saturated rings. The monoisotopic (exact) mass is 241 g/mol. The van der Waals surface area contributed by atoms with Crippen molar-refractivity contribution in [3.8, 4) is 0 Å². The number of carbonyl (C=O) groups is 1. The summed E-state index contributed by atoms with van der Waals surface area (Å²) in [6.45, 7) is 13.1. The van der Waals surface area contributed by atoms with Gasteiger partial charge in [0.2, 0.25) is 0 Å². The van der Waals surface area contributed by atoms with Gasteiger partial charge in [-0.2, -0.15) is 0 Å². The van der Waals surface area contributed by atoms with Gasteiger partial charge in [0.25, 0.3) is 0 Å². The van der Waals surface area contributed by atoms with Crippen molar-refractivity contribution in [2.24, 2.45) is 5.92 Å². The molecular formula is C13H23NO3. The van der Waals surface area contributed by atoms with Gasteiger partial charge in [-0.05, 0) is 26.7 Å². The van der Waals surface area contributed by atoms with Crippen LogP contribution in [-0.2, 0) is 14.3 Å². The molecule has 0 bridgehead atoms. The molecule has 0 aromatic rings. The fourth-order valence-electron chi connectivity index (χ4n) is 1.23. The summed E-state index contributed by atoms with van der Waals surface area (Å²) in [5, 5.41) is 7.87. The van der Waals surface area contributed by atoms with Crippen LogP contribution in [0.5, 0.6) is 0 Å². The van der Waals surface area contributed by atoms with Crippen molar-refractivity contribution in [3.05, 3.63) is 12.2 Å². The quantitative estimate of drug-likeness (QED) is 0.594. The number of hydrogen-bond donors (Lipinski definition) is 1. The highest BCUT2D eigenvalue weighted by Gasteiger charge is 2.31. The molecule has 0 heterocycles. The van der Waals surface area contributed by atoms with Crippen LogP contribution in [0.15, 0.2) is 12.2 Å². The fourth-order valence-corrected chi connectivity index (χ4v) is 1.23. The molecule has 0 aromatic carbocycles. The Kier molecular flexibility index (Phi) is 5.55. The first-order valence-electron chi connectivity index (χ1n) is 5.63. The highest BCUT2D eigenvalue weighted by Crippen LogP contribution is 2.19. The Labute approximate surface area is 104 Å². The zero-order valence-electron chi connectivity index (χ0n) is 11.6. The topological polar surface area (TPSA) is 59.4 Å². The Morgan fingerprint density at radius 2 is 1.76 bits per heavy atom. The molecule has 0 aliphatic carbocycles. The van der Waals surface area contributed by atoms with Gasteiger partial charge in [-0.25, -0.2) is 4.79 Å².